The zero-order valence-electron chi connectivity index (χ0n) is 17.4. The highest BCUT2D eigenvalue weighted by atomic mass is 16.6. The minimum atomic E-state index is -0.518. The van der Waals surface area contributed by atoms with E-state index < -0.39 is 6.09 Å². The van der Waals surface area contributed by atoms with Gasteiger partial charge in [0.25, 0.3) is 0 Å². The maximum absolute atomic E-state index is 12.4. The van der Waals surface area contributed by atoms with Crippen LogP contribution >= 0.6 is 0 Å². The SMILES string of the molecule is N#Cc1ccc(-n2ccc(=O)c(Cc3cccc(NC(=O)OCC4CCOC4)c3)n2)cc1. The highest BCUT2D eigenvalue weighted by Gasteiger charge is 2.17. The van der Waals surface area contributed by atoms with Crippen LogP contribution in [0.2, 0.25) is 0 Å². The molecule has 2 heterocycles. The molecule has 2 aromatic carbocycles. The van der Waals surface area contributed by atoms with Gasteiger partial charge in [-0.15, -0.1) is 0 Å². The lowest BCUT2D eigenvalue weighted by atomic mass is 10.1. The van der Waals surface area contributed by atoms with Crippen molar-refractivity contribution in [3.8, 4) is 11.8 Å². The molecule has 3 aromatic rings. The molecule has 0 saturated carbocycles. The van der Waals surface area contributed by atoms with Crippen molar-refractivity contribution in [1.82, 2.24) is 9.78 Å². The van der Waals surface area contributed by atoms with Crippen LogP contribution in [-0.2, 0) is 15.9 Å². The number of rotatable bonds is 6. The first-order chi connectivity index (χ1) is 15.6. The van der Waals surface area contributed by atoms with Gasteiger partial charge < -0.3 is 9.47 Å². The number of carbonyl (C=O) groups is 1. The fraction of sp³-hybridized carbons (Fsp3) is 0.250. The molecule has 162 valence electrons. The molecule has 0 bridgehead atoms. The monoisotopic (exact) mass is 430 g/mol. The molecule has 1 fully saturated rings. The molecule has 1 N–H and O–H groups in total. The van der Waals surface area contributed by atoms with Crippen LogP contribution in [0.25, 0.3) is 5.69 Å². The van der Waals surface area contributed by atoms with Crippen molar-refractivity contribution in [2.45, 2.75) is 12.8 Å². The van der Waals surface area contributed by atoms with Crippen LogP contribution in [0.15, 0.2) is 65.6 Å². The standard InChI is InChI=1S/C24H22N4O4/c25-14-17-4-6-21(7-5-17)28-10-8-23(29)22(27-28)13-18-2-1-3-20(12-18)26-24(30)32-16-19-9-11-31-15-19/h1-8,10,12,19H,9,11,13,15-16H2,(H,26,30). The van der Waals surface area contributed by atoms with E-state index in [1.807, 2.05) is 6.07 Å². The van der Waals surface area contributed by atoms with E-state index in [2.05, 4.69) is 16.5 Å². The molecule has 0 radical (unpaired) electrons. The lowest BCUT2D eigenvalue weighted by Crippen LogP contribution is -2.19. The molecule has 1 aromatic heterocycles. The second kappa shape index (κ2) is 9.90. The highest BCUT2D eigenvalue weighted by molar-refractivity contribution is 5.84. The molecule has 1 unspecified atom stereocenters. The zero-order valence-corrected chi connectivity index (χ0v) is 17.4. The Balaban J connectivity index is 1.44. The minimum Gasteiger partial charge on any atom is -0.449 e. The second-order valence-corrected chi connectivity index (χ2v) is 7.56. The molecule has 0 aliphatic carbocycles. The van der Waals surface area contributed by atoms with Crippen LogP contribution in [0.4, 0.5) is 10.5 Å². The van der Waals surface area contributed by atoms with Crippen LogP contribution in [0.5, 0.6) is 0 Å². The molecule has 4 rings (SSSR count). The van der Waals surface area contributed by atoms with Crippen molar-refractivity contribution < 1.29 is 14.3 Å². The average molecular weight is 430 g/mol. The first kappa shape index (κ1) is 21.3. The Kier molecular flexibility index (Phi) is 6.58. The molecule has 0 spiro atoms. The molecular weight excluding hydrogens is 408 g/mol. The maximum Gasteiger partial charge on any atom is 0.411 e. The summed E-state index contributed by atoms with van der Waals surface area (Å²) in [5, 5.41) is 16.1. The third-order valence-corrected chi connectivity index (χ3v) is 5.16. The number of hydrogen-bond acceptors (Lipinski definition) is 6. The fourth-order valence-electron chi connectivity index (χ4n) is 3.42. The van der Waals surface area contributed by atoms with Gasteiger partial charge in [-0.3, -0.25) is 10.1 Å². The van der Waals surface area contributed by atoms with Crippen molar-refractivity contribution in [3.63, 3.8) is 0 Å². The quantitative estimate of drug-likeness (QED) is 0.643. The van der Waals surface area contributed by atoms with Crippen LogP contribution in [0.1, 0.15) is 23.2 Å². The molecule has 1 saturated heterocycles. The molecule has 8 nitrogen and oxygen atoms in total. The van der Waals surface area contributed by atoms with E-state index in [9.17, 15) is 9.59 Å². The van der Waals surface area contributed by atoms with Gasteiger partial charge in [0, 0.05) is 36.9 Å². The van der Waals surface area contributed by atoms with Gasteiger partial charge in [0.1, 0.15) is 5.69 Å². The Bertz CT molecular complexity index is 1190. The van der Waals surface area contributed by atoms with Crippen LogP contribution in [-0.4, -0.2) is 35.7 Å². The van der Waals surface area contributed by atoms with E-state index in [0.717, 1.165) is 17.7 Å². The lowest BCUT2D eigenvalue weighted by Gasteiger charge is -2.11. The summed E-state index contributed by atoms with van der Waals surface area (Å²) in [5.74, 6) is 0.245. The van der Waals surface area contributed by atoms with Gasteiger partial charge in [-0.25, -0.2) is 9.48 Å². The zero-order chi connectivity index (χ0) is 22.3. The van der Waals surface area contributed by atoms with Crippen molar-refractivity contribution in [2.24, 2.45) is 5.92 Å². The third kappa shape index (κ3) is 5.39. The Hall–Kier alpha value is -3.96. The Labute approximate surface area is 185 Å². The van der Waals surface area contributed by atoms with Gasteiger partial charge in [0.05, 0.1) is 30.5 Å². The van der Waals surface area contributed by atoms with E-state index in [-0.39, 0.29) is 11.3 Å². The van der Waals surface area contributed by atoms with Gasteiger partial charge in [0.15, 0.2) is 0 Å². The van der Waals surface area contributed by atoms with E-state index in [1.54, 1.807) is 53.3 Å². The van der Waals surface area contributed by atoms with Crippen LogP contribution in [0.3, 0.4) is 0 Å². The summed E-state index contributed by atoms with van der Waals surface area (Å²) in [6, 6.07) is 17.7. The first-order valence-corrected chi connectivity index (χ1v) is 10.3. The van der Waals surface area contributed by atoms with E-state index in [4.69, 9.17) is 14.7 Å². The molecule has 1 aliphatic rings. The Morgan fingerprint density at radius 1 is 1.25 bits per heavy atom. The van der Waals surface area contributed by atoms with E-state index in [1.165, 1.54) is 6.07 Å². The van der Waals surface area contributed by atoms with Gasteiger partial charge >= 0.3 is 6.09 Å². The van der Waals surface area contributed by atoms with Gasteiger partial charge in [-0.1, -0.05) is 12.1 Å². The van der Waals surface area contributed by atoms with Gasteiger partial charge in [0.2, 0.25) is 5.43 Å². The summed E-state index contributed by atoms with van der Waals surface area (Å²) in [5.41, 5.74) is 2.91. The topological polar surface area (TPSA) is 106 Å². The Morgan fingerprint density at radius 2 is 2.09 bits per heavy atom. The number of nitriles is 1. The minimum absolute atomic E-state index is 0.175. The lowest BCUT2D eigenvalue weighted by molar-refractivity contribution is 0.127. The molecular formula is C24H22N4O4. The van der Waals surface area contributed by atoms with E-state index in [0.29, 0.717) is 43.2 Å². The number of ether oxygens (including phenoxy) is 2. The van der Waals surface area contributed by atoms with Gasteiger partial charge in [-0.05, 0) is 48.4 Å². The number of nitrogens with zero attached hydrogens (tertiary/aromatic N) is 3. The number of benzene rings is 2. The summed E-state index contributed by atoms with van der Waals surface area (Å²) >= 11 is 0. The highest BCUT2D eigenvalue weighted by Crippen LogP contribution is 2.16. The summed E-state index contributed by atoms with van der Waals surface area (Å²) in [6.45, 7) is 1.65. The first-order valence-electron chi connectivity index (χ1n) is 10.3. The number of amides is 1. The number of hydrogen-bond donors (Lipinski definition) is 1. The summed E-state index contributed by atoms with van der Waals surface area (Å²) < 4.78 is 12.2. The number of carbonyl (C=O) groups excluding carboxylic acids is 1. The average Bonchev–Trinajstić information content (AvgIpc) is 3.33. The van der Waals surface area contributed by atoms with Crippen molar-refractivity contribution >= 4 is 11.8 Å². The van der Waals surface area contributed by atoms with Crippen LogP contribution in [0, 0.1) is 17.2 Å². The fourth-order valence-corrected chi connectivity index (χ4v) is 3.42. The maximum atomic E-state index is 12.4. The normalized spacial score (nSPS) is 15.2. The number of nitrogens with one attached hydrogen (secondary N) is 1. The third-order valence-electron chi connectivity index (χ3n) is 5.16. The van der Waals surface area contributed by atoms with Gasteiger partial charge in [-0.2, -0.15) is 10.4 Å². The largest absolute Gasteiger partial charge is 0.449 e. The molecule has 32 heavy (non-hydrogen) atoms. The Morgan fingerprint density at radius 3 is 2.84 bits per heavy atom. The summed E-state index contributed by atoms with van der Waals surface area (Å²) in [6.07, 6.45) is 2.28. The van der Waals surface area contributed by atoms with E-state index >= 15 is 0 Å². The molecule has 1 amide bonds. The smallest absolute Gasteiger partial charge is 0.411 e. The van der Waals surface area contributed by atoms with Crippen molar-refractivity contribution in [3.05, 3.63) is 87.8 Å². The predicted octanol–water partition coefficient (Wildman–Crippen LogP) is 3.28. The summed E-state index contributed by atoms with van der Waals surface area (Å²) in [7, 11) is 0. The summed E-state index contributed by atoms with van der Waals surface area (Å²) in [4.78, 5) is 24.4. The molecule has 1 aliphatic heterocycles. The second-order valence-electron chi connectivity index (χ2n) is 7.56. The molecule has 8 heteroatoms. The van der Waals surface area contributed by atoms with Crippen molar-refractivity contribution in [1.29, 1.82) is 5.26 Å². The van der Waals surface area contributed by atoms with Crippen LogP contribution < -0.4 is 10.7 Å². The van der Waals surface area contributed by atoms with Crippen molar-refractivity contribution in [2.75, 3.05) is 25.1 Å². The number of anilines is 1. The predicted molar refractivity (Wildman–Crippen MR) is 118 cm³/mol. The number of aromatic nitrogens is 2. The molecule has 1 atom stereocenters.